The fourth-order valence-corrected chi connectivity index (χ4v) is 4.58. The van der Waals surface area contributed by atoms with Crippen LogP contribution in [-0.2, 0) is 9.59 Å². The van der Waals surface area contributed by atoms with Gasteiger partial charge in [0.15, 0.2) is 0 Å². The largest absolute Gasteiger partial charge is 0.339 e. The van der Waals surface area contributed by atoms with Crippen LogP contribution >= 0.6 is 0 Å². The van der Waals surface area contributed by atoms with Crippen molar-refractivity contribution >= 4 is 11.8 Å². The maximum absolute atomic E-state index is 12.7. The maximum atomic E-state index is 12.7. The lowest BCUT2D eigenvalue weighted by atomic mass is 9.92. The zero-order valence-corrected chi connectivity index (χ0v) is 15.1. The molecule has 24 heavy (non-hydrogen) atoms. The monoisotopic (exact) mass is 335 g/mol. The minimum Gasteiger partial charge on any atom is -0.339 e. The van der Waals surface area contributed by atoms with Crippen molar-refractivity contribution in [3.63, 3.8) is 0 Å². The summed E-state index contributed by atoms with van der Waals surface area (Å²) in [7, 11) is 0. The third-order valence-corrected chi connectivity index (χ3v) is 6.16. The number of amides is 2. The molecule has 2 saturated heterocycles. The van der Waals surface area contributed by atoms with Crippen molar-refractivity contribution in [3.05, 3.63) is 0 Å². The normalized spacial score (nSPS) is 29.0. The molecule has 0 aromatic rings. The van der Waals surface area contributed by atoms with E-state index in [2.05, 4.69) is 12.2 Å². The zero-order valence-electron chi connectivity index (χ0n) is 15.1. The number of piperazine rings is 1. The first-order valence-corrected chi connectivity index (χ1v) is 9.93. The van der Waals surface area contributed by atoms with Crippen molar-refractivity contribution < 1.29 is 9.59 Å². The maximum Gasteiger partial charge on any atom is 0.225 e. The standard InChI is InChI=1S/C19H33N3O2/c1-15-14-17(8-9-20-15)19(24)22-12-10-21(11-13-22)18(23)7-6-16-4-2-3-5-16/h15-17,20H,2-14H2,1H3/t15-,17-/m0/s1. The van der Waals surface area contributed by atoms with Crippen molar-refractivity contribution in [1.29, 1.82) is 0 Å². The Hall–Kier alpha value is -1.10. The summed E-state index contributed by atoms with van der Waals surface area (Å²) in [5, 5.41) is 3.41. The summed E-state index contributed by atoms with van der Waals surface area (Å²) in [6.07, 6.45) is 8.96. The third kappa shape index (κ3) is 4.50. The molecule has 5 heteroatoms. The van der Waals surface area contributed by atoms with Crippen LogP contribution in [0.2, 0.25) is 0 Å². The topological polar surface area (TPSA) is 52.7 Å². The highest BCUT2D eigenvalue weighted by Gasteiger charge is 2.31. The summed E-state index contributed by atoms with van der Waals surface area (Å²) in [4.78, 5) is 29.0. The van der Waals surface area contributed by atoms with Crippen molar-refractivity contribution in [2.24, 2.45) is 11.8 Å². The number of piperidine rings is 1. The molecule has 2 aliphatic heterocycles. The second kappa shape index (κ2) is 8.32. The number of rotatable bonds is 4. The van der Waals surface area contributed by atoms with Crippen LogP contribution in [0.25, 0.3) is 0 Å². The zero-order chi connectivity index (χ0) is 16.9. The van der Waals surface area contributed by atoms with E-state index in [0.717, 1.165) is 44.8 Å². The number of hydrogen-bond acceptors (Lipinski definition) is 3. The lowest BCUT2D eigenvalue weighted by Crippen LogP contribution is -2.53. The Labute approximate surface area is 146 Å². The molecule has 0 unspecified atom stereocenters. The van der Waals surface area contributed by atoms with E-state index in [1.807, 2.05) is 9.80 Å². The minimum atomic E-state index is 0.172. The van der Waals surface area contributed by atoms with E-state index in [1.165, 1.54) is 25.7 Å². The van der Waals surface area contributed by atoms with Crippen LogP contribution in [-0.4, -0.2) is 60.4 Å². The molecule has 0 bridgehead atoms. The van der Waals surface area contributed by atoms with Crippen LogP contribution in [0.1, 0.15) is 58.3 Å². The van der Waals surface area contributed by atoms with Crippen molar-refractivity contribution in [2.75, 3.05) is 32.7 Å². The Bertz CT molecular complexity index is 440. The lowest BCUT2D eigenvalue weighted by Gasteiger charge is -2.38. The summed E-state index contributed by atoms with van der Waals surface area (Å²) >= 11 is 0. The highest BCUT2D eigenvalue weighted by atomic mass is 16.2. The smallest absolute Gasteiger partial charge is 0.225 e. The molecule has 0 aromatic heterocycles. The summed E-state index contributed by atoms with van der Waals surface area (Å²) in [5.74, 6) is 1.55. The van der Waals surface area contributed by atoms with Gasteiger partial charge in [0.25, 0.3) is 0 Å². The fraction of sp³-hybridized carbons (Fsp3) is 0.895. The van der Waals surface area contributed by atoms with Crippen LogP contribution in [0, 0.1) is 11.8 Å². The van der Waals surface area contributed by atoms with Gasteiger partial charge in [0, 0.05) is 44.6 Å². The predicted octanol–water partition coefficient (Wildman–Crippen LogP) is 2.02. The van der Waals surface area contributed by atoms with Gasteiger partial charge in [0.1, 0.15) is 0 Å². The lowest BCUT2D eigenvalue weighted by molar-refractivity contribution is -0.143. The number of hydrogen-bond donors (Lipinski definition) is 1. The van der Waals surface area contributed by atoms with Gasteiger partial charge in [-0.05, 0) is 38.6 Å². The fourth-order valence-electron chi connectivity index (χ4n) is 4.58. The number of carbonyl (C=O) groups excluding carboxylic acids is 2. The molecular formula is C19H33N3O2. The molecule has 3 aliphatic rings. The molecule has 1 N–H and O–H groups in total. The van der Waals surface area contributed by atoms with E-state index in [-0.39, 0.29) is 5.92 Å². The van der Waals surface area contributed by atoms with Crippen LogP contribution < -0.4 is 5.32 Å². The molecule has 0 aromatic carbocycles. The van der Waals surface area contributed by atoms with Crippen molar-refractivity contribution in [3.8, 4) is 0 Å². The minimum absolute atomic E-state index is 0.172. The first-order chi connectivity index (χ1) is 11.6. The first kappa shape index (κ1) is 17.7. The van der Waals surface area contributed by atoms with Gasteiger partial charge < -0.3 is 15.1 Å². The first-order valence-electron chi connectivity index (χ1n) is 9.93. The molecule has 3 fully saturated rings. The molecule has 0 radical (unpaired) electrons. The highest BCUT2D eigenvalue weighted by Crippen LogP contribution is 2.28. The van der Waals surface area contributed by atoms with Gasteiger partial charge in [-0.1, -0.05) is 25.7 Å². The van der Waals surface area contributed by atoms with E-state index in [9.17, 15) is 9.59 Å². The van der Waals surface area contributed by atoms with E-state index in [1.54, 1.807) is 0 Å². The van der Waals surface area contributed by atoms with E-state index in [4.69, 9.17) is 0 Å². The average Bonchev–Trinajstić information content (AvgIpc) is 3.13. The number of nitrogens with one attached hydrogen (secondary N) is 1. The molecular weight excluding hydrogens is 302 g/mol. The van der Waals surface area contributed by atoms with Crippen LogP contribution in [0.5, 0.6) is 0 Å². The highest BCUT2D eigenvalue weighted by molar-refractivity contribution is 5.80. The van der Waals surface area contributed by atoms with E-state index >= 15 is 0 Å². The van der Waals surface area contributed by atoms with E-state index in [0.29, 0.717) is 37.4 Å². The summed E-state index contributed by atoms with van der Waals surface area (Å²) in [6, 6.07) is 0.436. The summed E-state index contributed by atoms with van der Waals surface area (Å²) in [6.45, 7) is 5.96. The van der Waals surface area contributed by atoms with Gasteiger partial charge in [-0.2, -0.15) is 0 Å². The molecule has 2 amide bonds. The molecule has 0 spiro atoms. The van der Waals surface area contributed by atoms with Gasteiger partial charge in [-0.15, -0.1) is 0 Å². The quantitative estimate of drug-likeness (QED) is 0.855. The van der Waals surface area contributed by atoms with E-state index < -0.39 is 0 Å². The van der Waals surface area contributed by atoms with Crippen molar-refractivity contribution in [1.82, 2.24) is 15.1 Å². The molecule has 136 valence electrons. The summed E-state index contributed by atoms with van der Waals surface area (Å²) < 4.78 is 0. The van der Waals surface area contributed by atoms with Gasteiger partial charge >= 0.3 is 0 Å². The molecule has 2 atom stereocenters. The predicted molar refractivity (Wildman–Crippen MR) is 94.5 cm³/mol. The Balaban J connectivity index is 1.39. The molecule has 3 rings (SSSR count). The van der Waals surface area contributed by atoms with Crippen LogP contribution in [0.15, 0.2) is 0 Å². The van der Waals surface area contributed by atoms with Gasteiger partial charge in [0.2, 0.25) is 11.8 Å². The SMILES string of the molecule is C[C@H]1C[C@@H](C(=O)N2CCN(C(=O)CCC3CCCC3)CC2)CCN1. The Morgan fingerprint density at radius 2 is 1.67 bits per heavy atom. The second-order valence-corrected chi connectivity index (χ2v) is 7.97. The average molecular weight is 335 g/mol. The number of nitrogens with zero attached hydrogens (tertiary/aromatic N) is 2. The van der Waals surface area contributed by atoms with Crippen LogP contribution in [0.4, 0.5) is 0 Å². The third-order valence-electron chi connectivity index (χ3n) is 6.16. The van der Waals surface area contributed by atoms with Gasteiger partial charge in [-0.25, -0.2) is 0 Å². The summed E-state index contributed by atoms with van der Waals surface area (Å²) in [5.41, 5.74) is 0. The number of carbonyl (C=O) groups is 2. The van der Waals surface area contributed by atoms with Crippen LogP contribution in [0.3, 0.4) is 0 Å². The Morgan fingerprint density at radius 3 is 2.33 bits per heavy atom. The molecule has 1 saturated carbocycles. The van der Waals surface area contributed by atoms with Crippen molar-refractivity contribution in [2.45, 2.75) is 64.3 Å². The second-order valence-electron chi connectivity index (χ2n) is 7.97. The molecule has 2 heterocycles. The Morgan fingerprint density at radius 1 is 1.00 bits per heavy atom. The molecule has 1 aliphatic carbocycles. The molecule has 5 nitrogen and oxygen atoms in total. The van der Waals surface area contributed by atoms with Gasteiger partial charge in [0.05, 0.1) is 0 Å². The Kier molecular flexibility index (Phi) is 6.14. The van der Waals surface area contributed by atoms with Gasteiger partial charge in [-0.3, -0.25) is 9.59 Å².